The van der Waals surface area contributed by atoms with Crippen LogP contribution in [0.25, 0.3) is 10.9 Å². The van der Waals surface area contributed by atoms with Crippen molar-refractivity contribution in [3.63, 3.8) is 0 Å². The normalized spacial score (nSPS) is 23.9. The molecule has 5 rings (SSSR count). The number of hydrazine groups is 1. The number of nitrogens with zero attached hydrogens (tertiary/aromatic N) is 3. The molecule has 3 aromatic rings. The van der Waals surface area contributed by atoms with E-state index in [1.165, 1.54) is 25.4 Å². The Labute approximate surface area is 243 Å². The van der Waals surface area contributed by atoms with Crippen molar-refractivity contribution in [2.24, 2.45) is 0 Å². The Hall–Kier alpha value is -3.37. The van der Waals surface area contributed by atoms with Gasteiger partial charge in [-0.25, -0.2) is 13.4 Å². The number of nitrogens with one attached hydrogen (secondary N) is 2. The van der Waals surface area contributed by atoms with Gasteiger partial charge in [-0.1, -0.05) is 0 Å². The van der Waals surface area contributed by atoms with E-state index in [4.69, 9.17) is 9.47 Å². The van der Waals surface area contributed by atoms with Gasteiger partial charge >= 0.3 is 0 Å². The van der Waals surface area contributed by atoms with E-state index in [9.17, 15) is 28.5 Å². The second kappa shape index (κ2) is 12.5. The minimum Gasteiger partial charge on any atom is -0.497 e. The third-order valence-electron chi connectivity index (χ3n) is 7.66. The second-order valence-electron chi connectivity index (χ2n) is 10.4. The molecule has 2 aliphatic rings. The van der Waals surface area contributed by atoms with E-state index in [1.54, 1.807) is 30.3 Å². The van der Waals surface area contributed by atoms with Crippen LogP contribution in [0.2, 0.25) is 0 Å². The van der Waals surface area contributed by atoms with Crippen LogP contribution in [0, 0.1) is 0 Å². The maximum atomic E-state index is 13.9. The van der Waals surface area contributed by atoms with E-state index in [0.29, 0.717) is 29.7 Å². The van der Waals surface area contributed by atoms with Crippen molar-refractivity contribution in [3.05, 3.63) is 54.2 Å². The van der Waals surface area contributed by atoms with Gasteiger partial charge in [0.1, 0.15) is 29.0 Å². The molecule has 0 bridgehead atoms. The first-order valence-electron chi connectivity index (χ1n) is 13.5. The standard InChI is InChI=1S/C28H35N5O8S/c1-32-9-11-33(12-10-32)31-25-20-13-17(28(37)30-22-16-41-23(15-34)27(36)26(22)35)3-8-21(20)29-14-24(25)42(38,39)19-6-4-18(40-2)5-7-19/h3-8,13-14,22-23,26-27,34-36H,9-12,15-16H2,1-2H3,(H,29,31)(H,30,37). The van der Waals surface area contributed by atoms with E-state index < -0.39 is 46.7 Å². The van der Waals surface area contributed by atoms with Crippen LogP contribution in [0.15, 0.2) is 58.5 Å². The highest BCUT2D eigenvalue weighted by atomic mass is 32.2. The molecule has 2 aromatic carbocycles. The number of amides is 1. The number of piperazine rings is 1. The molecule has 13 nitrogen and oxygen atoms in total. The molecule has 2 saturated heterocycles. The van der Waals surface area contributed by atoms with Crippen molar-refractivity contribution in [2.45, 2.75) is 34.1 Å². The molecular weight excluding hydrogens is 566 g/mol. The molecule has 4 atom stereocenters. The number of aliphatic hydroxyl groups is 3. The number of ether oxygens (including phenoxy) is 2. The monoisotopic (exact) mass is 601 g/mol. The Morgan fingerprint density at radius 3 is 2.48 bits per heavy atom. The summed E-state index contributed by atoms with van der Waals surface area (Å²) in [7, 11) is -0.527. The van der Waals surface area contributed by atoms with E-state index in [-0.39, 0.29) is 27.6 Å². The fourth-order valence-electron chi connectivity index (χ4n) is 5.01. The van der Waals surface area contributed by atoms with Crippen LogP contribution >= 0.6 is 0 Å². The molecule has 3 heterocycles. The van der Waals surface area contributed by atoms with Crippen molar-refractivity contribution >= 4 is 32.3 Å². The number of likely N-dealkylation sites (N-methyl/N-ethyl adjacent to an activating group) is 1. The largest absolute Gasteiger partial charge is 0.497 e. The lowest BCUT2D eigenvalue weighted by Crippen LogP contribution is -2.59. The zero-order valence-corrected chi connectivity index (χ0v) is 24.1. The number of aliphatic hydroxyl groups excluding tert-OH is 3. The summed E-state index contributed by atoms with van der Waals surface area (Å²) in [5, 5.41) is 35.0. The van der Waals surface area contributed by atoms with Gasteiger partial charge in [-0.2, -0.15) is 0 Å². The first kappa shape index (κ1) is 30.1. The van der Waals surface area contributed by atoms with Crippen molar-refractivity contribution in [2.75, 3.05) is 59.0 Å². The summed E-state index contributed by atoms with van der Waals surface area (Å²) in [6.45, 7) is 2.25. The van der Waals surface area contributed by atoms with Crippen LogP contribution in [-0.2, 0) is 14.6 Å². The Morgan fingerprint density at radius 2 is 1.81 bits per heavy atom. The third-order valence-corrected chi connectivity index (χ3v) is 9.44. The Morgan fingerprint density at radius 1 is 1.10 bits per heavy atom. The smallest absolute Gasteiger partial charge is 0.251 e. The minimum absolute atomic E-state index is 0.0501. The average molecular weight is 602 g/mol. The number of methoxy groups -OCH3 is 1. The number of pyridine rings is 1. The summed E-state index contributed by atoms with van der Waals surface area (Å²) in [4.78, 5) is 19.9. The molecule has 1 amide bonds. The molecule has 1 aromatic heterocycles. The summed E-state index contributed by atoms with van der Waals surface area (Å²) in [5.74, 6) is -0.0435. The lowest BCUT2D eigenvalue weighted by molar-refractivity contribution is -0.159. The average Bonchev–Trinajstić information content (AvgIpc) is 3.00. The van der Waals surface area contributed by atoms with Crippen molar-refractivity contribution in [3.8, 4) is 5.75 Å². The molecule has 14 heteroatoms. The van der Waals surface area contributed by atoms with Gasteiger partial charge in [0.25, 0.3) is 5.91 Å². The Balaban J connectivity index is 1.53. The van der Waals surface area contributed by atoms with Crippen LogP contribution in [-0.4, -0.2) is 122 Å². The van der Waals surface area contributed by atoms with Gasteiger partial charge in [0.05, 0.1) is 42.5 Å². The fourth-order valence-corrected chi connectivity index (χ4v) is 6.38. The topological polar surface area (TPSA) is 174 Å². The number of hydrogen-bond donors (Lipinski definition) is 5. The second-order valence-corrected chi connectivity index (χ2v) is 12.3. The highest BCUT2D eigenvalue weighted by Crippen LogP contribution is 2.34. The molecule has 5 N–H and O–H groups in total. The highest BCUT2D eigenvalue weighted by Gasteiger charge is 2.39. The van der Waals surface area contributed by atoms with Crippen LogP contribution in [0.1, 0.15) is 10.4 Å². The van der Waals surface area contributed by atoms with E-state index in [0.717, 1.165) is 13.1 Å². The first-order chi connectivity index (χ1) is 20.1. The SMILES string of the molecule is COc1ccc(S(=O)(=O)c2cnc3ccc(C(=O)NC4COC(CO)C(O)C4O)cc3c2NN2CCN(C)CC2)cc1. The number of sulfone groups is 1. The van der Waals surface area contributed by atoms with E-state index >= 15 is 0 Å². The van der Waals surface area contributed by atoms with Gasteiger partial charge in [0, 0.05) is 43.3 Å². The van der Waals surface area contributed by atoms with Gasteiger partial charge in [-0.05, 0) is 49.5 Å². The molecule has 42 heavy (non-hydrogen) atoms. The maximum absolute atomic E-state index is 13.9. The Bertz CT molecular complexity index is 1530. The zero-order valence-electron chi connectivity index (χ0n) is 23.3. The van der Waals surface area contributed by atoms with Gasteiger partial charge in [0.2, 0.25) is 9.84 Å². The Kier molecular flexibility index (Phi) is 8.94. The summed E-state index contributed by atoms with van der Waals surface area (Å²) in [6.07, 6.45) is -2.36. The van der Waals surface area contributed by atoms with E-state index in [2.05, 4.69) is 20.6 Å². The molecular formula is C28H35N5O8S. The first-order valence-corrected chi connectivity index (χ1v) is 15.0. The number of aromatic nitrogens is 1. The summed E-state index contributed by atoms with van der Waals surface area (Å²) < 4.78 is 38.3. The lowest BCUT2D eigenvalue weighted by Gasteiger charge is -2.37. The van der Waals surface area contributed by atoms with E-state index in [1.807, 2.05) is 12.1 Å². The quantitative estimate of drug-likeness (QED) is 0.232. The zero-order chi connectivity index (χ0) is 30.0. The van der Waals surface area contributed by atoms with Gasteiger partial charge in [-0.3, -0.25) is 9.78 Å². The summed E-state index contributed by atoms with van der Waals surface area (Å²) in [6, 6.07) is 9.87. The lowest BCUT2D eigenvalue weighted by atomic mass is 9.98. The number of benzene rings is 2. The molecule has 4 unspecified atom stereocenters. The molecule has 0 aliphatic carbocycles. The summed E-state index contributed by atoms with van der Waals surface area (Å²) >= 11 is 0. The molecule has 226 valence electrons. The number of rotatable bonds is 8. The minimum atomic E-state index is -4.04. The predicted molar refractivity (Wildman–Crippen MR) is 153 cm³/mol. The molecule has 0 radical (unpaired) electrons. The predicted octanol–water partition coefficient (Wildman–Crippen LogP) is -0.138. The van der Waals surface area contributed by atoms with Crippen LogP contribution in [0.5, 0.6) is 5.75 Å². The molecule has 2 fully saturated rings. The summed E-state index contributed by atoms with van der Waals surface area (Å²) in [5.41, 5.74) is 4.25. The van der Waals surface area contributed by atoms with Crippen molar-refractivity contribution in [1.29, 1.82) is 0 Å². The van der Waals surface area contributed by atoms with Gasteiger partial charge in [0.15, 0.2) is 0 Å². The van der Waals surface area contributed by atoms with Gasteiger partial charge in [-0.15, -0.1) is 0 Å². The van der Waals surface area contributed by atoms with Crippen LogP contribution in [0.4, 0.5) is 5.69 Å². The number of fused-ring (bicyclic) bond motifs is 1. The number of anilines is 1. The number of carbonyl (C=O) groups is 1. The molecule has 0 spiro atoms. The number of hydrogen-bond acceptors (Lipinski definition) is 12. The van der Waals surface area contributed by atoms with Gasteiger partial charge < -0.3 is 40.4 Å². The molecule has 2 aliphatic heterocycles. The van der Waals surface area contributed by atoms with Crippen molar-refractivity contribution in [1.82, 2.24) is 20.2 Å². The van der Waals surface area contributed by atoms with Crippen LogP contribution in [0.3, 0.4) is 0 Å². The van der Waals surface area contributed by atoms with Crippen LogP contribution < -0.4 is 15.5 Å². The van der Waals surface area contributed by atoms with Crippen molar-refractivity contribution < 1.29 is 38.0 Å². The third kappa shape index (κ3) is 6.06. The fraction of sp³-hybridized carbons (Fsp3) is 0.429. The molecule has 0 saturated carbocycles. The highest BCUT2D eigenvalue weighted by molar-refractivity contribution is 7.91. The maximum Gasteiger partial charge on any atom is 0.251 e. The number of carbonyl (C=O) groups excluding carboxylic acids is 1.